The van der Waals surface area contributed by atoms with Crippen molar-refractivity contribution < 1.29 is 22.7 Å². The molecule has 1 heterocycles. The number of methoxy groups -OCH3 is 1. The largest absolute Gasteiger partial charge is 0.465 e. The fourth-order valence-electron chi connectivity index (χ4n) is 2.75. The van der Waals surface area contributed by atoms with E-state index in [2.05, 4.69) is 9.46 Å². The van der Waals surface area contributed by atoms with E-state index in [4.69, 9.17) is 0 Å². The lowest BCUT2D eigenvalue weighted by Gasteiger charge is -2.16. The molecule has 0 saturated carbocycles. The fourth-order valence-corrected chi connectivity index (χ4v) is 3.86. The highest BCUT2D eigenvalue weighted by Gasteiger charge is 2.22. The first-order chi connectivity index (χ1) is 12.4. The monoisotopic (exact) mass is 374 g/mol. The molecule has 0 aliphatic carbocycles. The minimum atomic E-state index is -3.86. The fraction of sp³-hybridized carbons (Fsp3) is 0.222. The van der Waals surface area contributed by atoms with Crippen LogP contribution in [0.4, 0.5) is 11.4 Å². The summed E-state index contributed by atoms with van der Waals surface area (Å²) in [5.74, 6) is -0.542. The number of ether oxygens (including phenoxy) is 1. The number of esters is 1. The zero-order chi connectivity index (χ0) is 18.7. The van der Waals surface area contributed by atoms with Gasteiger partial charge in [0.25, 0.3) is 10.0 Å². The summed E-state index contributed by atoms with van der Waals surface area (Å²) in [6.07, 6.45) is 1.36. The van der Waals surface area contributed by atoms with Crippen LogP contribution in [-0.2, 0) is 19.6 Å². The Labute approximate surface area is 151 Å². The second-order valence-corrected chi connectivity index (χ2v) is 7.50. The topological polar surface area (TPSA) is 92.8 Å². The third kappa shape index (κ3) is 3.70. The first kappa shape index (κ1) is 17.9. The van der Waals surface area contributed by atoms with Crippen LogP contribution in [0.5, 0.6) is 0 Å². The maximum Gasteiger partial charge on any atom is 0.337 e. The van der Waals surface area contributed by atoms with E-state index in [9.17, 15) is 18.0 Å². The van der Waals surface area contributed by atoms with Crippen molar-refractivity contribution in [3.63, 3.8) is 0 Å². The number of sulfonamides is 1. The van der Waals surface area contributed by atoms with E-state index < -0.39 is 16.0 Å². The Morgan fingerprint density at radius 3 is 2.50 bits per heavy atom. The molecule has 0 atom stereocenters. The number of hydrogen-bond acceptors (Lipinski definition) is 5. The lowest BCUT2D eigenvalue weighted by Crippen LogP contribution is -2.23. The highest BCUT2D eigenvalue weighted by Crippen LogP contribution is 2.24. The van der Waals surface area contributed by atoms with E-state index >= 15 is 0 Å². The molecule has 1 aliphatic rings. The zero-order valence-corrected chi connectivity index (χ0v) is 15.0. The van der Waals surface area contributed by atoms with Crippen molar-refractivity contribution >= 4 is 33.3 Å². The summed E-state index contributed by atoms with van der Waals surface area (Å²) in [4.78, 5) is 25.0. The van der Waals surface area contributed by atoms with Crippen molar-refractivity contribution in [2.75, 3.05) is 23.3 Å². The predicted molar refractivity (Wildman–Crippen MR) is 96.6 cm³/mol. The van der Waals surface area contributed by atoms with Gasteiger partial charge in [0.05, 0.1) is 17.6 Å². The summed E-state index contributed by atoms with van der Waals surface area (Å²) >= 11 is 0. The highest BCUT2D eigenvalue weighted by atomic mass is 32.2. The summed E-state index contributed by atoms with van der Waals surface area (Å²) in [5, 5.41) is 0. The summed E-state index contributed by atoms with van der Waals surface area (Å²) in [5.41, 5.74) is 1.25. The Morgan fingerprint density at radius 1 is 1.15 bits per heavy atom. The van der Waals surface area contributed by atoms with Gasteiger partial charge in [-0.15, -0.1) is 0 Å². The summed E-state index contributed by atoms with van der Waals surface area (Å²) in [6, 6.07) is 12.2. The van der Waals surface area contributed by atoms with E-state index in [1.165, 1.54) is 31.4 Å². The van der Waals surface area contributed by atoms with Crippen molar-refractivity contribution in [2.45, 2.75) is 17.7 Å². The zero-order valence-electron chi connectivity index (χ0n) is 14.1. The molecule has 1 amide bonds. The normalized spacial score (nSPS) is 14.3. The molecule has 1 aliphatic heterocycles. The van der Waals surface area contributed by atoms with Crippen molar-refractivity contribution in [3.8, 4) is 0 Å². The summed E-state index contributed by atoms with van der Waals surface area (Å²) in [6.45, 7) is 0.671. The van der Waals surface area contributed by atoms with Gasteiger partial charge in [-0.05, 0) is 48.9 Å². The van der Waals surface area contributed by atoms with Crippen molar-refractivity contribution in [2.24, 2.45) is 0 Å². The minimum absolute atomic E-state index is 0.0424. The van der Waals surface area contributed by atoms with E-state index in [0.717, 1.165) is 12.1 Å². The lowest BCUT2D eigenvalue weighted by atomic mass is 10.2. The van der Waals surface area contributed by atoms with E-state index in [1.807, 2.05) is 0 Å². The number of rotatable bonds is 5. The Hall–Kier alpha value is -2.87. The maximum atomic E-state index is 12.5. The van der Waals surface area contributed by atoms with Gasteiger partial charge in [-0.25, -0.2) is 13.2 Å². The van der Waals surface area contributed by atoms with E-state index in [0.29, 0.717) is 18.7 Å². The van der Waals surface area contributed by atoms with E-state index in [1.54, 1.807) is 29.2 Å². The smallest absolute Gasteiger partial charge is 0.337 e. The maximum absolute atomic E-state index is 12.5. The predicted octanol–water partition coefficient (Wildman–Crippen LogP) is 2.40. The molecule has 1 fully saturated rings. The molecule has 0 bridgehead atoms. The standard InChI is InChI=1S/C18H18N2O5S/c1-25-18(22)13-4-2-5-16(12-13)26(23,24)19-14-7-9-15(10-8-14)20-11-3-6-17(20)21/h2,4-5,7-10,12,19H,3,6,11H2,1H3. The molecule has 0 unspecified atom stereocenters. The number of nitrogens with zero attached hydrogens (tertiary/aromatic N) is 1. The molecule has 2 aromatic carbocycles. The van der Waals surface area contributed by atoms with Crippen LogP contribution in [0.3, 0.4) is 0 Å². The highest BCUT2D eigenvalue weighted by molar-refractivity contribution is 7.92. The number of nitrogens with one attached hydrogen (secondary N) is 1. The number of benzene rings is 2. The van der Waals surface area contributed by atoms with Crippen LogP contribution in [0.15, 0.2) is 53.4 Å². The lowest BCUT2D eigenvalue weighted by molar-refractivity contribution is -0.117. The number of carbonyl (C=O) groups excluding carboxylic acids is 2. The van der Waals surface area contributed by atoms with Crippen LogP contribution < -0.4 is 9.62 Å². The van der Waals surface area contributed by atoms with Gasteiger partial charge in [0.2, 0.25) is 5.91 Å². The van der Waals surface area contributed by atoms with Gasteiger partial charge in [0.1, 0.15) is 0 Å². The number of amides is 1. The number of carbonyl (C=O) groups is 2. The van der Waals surface area contributed by atoms with Crippen LogP contribution in [0.25, 0.3) is 0 Å². The Balaban J connectivity index is 1.79. The second kappa shape index (κ2) is 7.17. The van der Waals surface area contributed by atoms with Crippen molar-refractivity contribution in [3.05, 3.63) is 54.1 Å². The van der Waals surface area contributed by atoms with Crippen LogP contribution in [0.1, 0.15) is 23.2 Å². The summed E-state index contributed by atoms with van der Waals surface area (Å²) < 4.78 is 32.1. The average Bonchev–Trinajstić information content (AvgIpc) is 3.07. The molecule has 7 nitrogen and oxygen atoms in total. The summed E-state index contributed by atoms with van der Waals surface area (Å²) in [7, 11) is -2.63. The molecule has 1 saturated heterocycles. The third-order valence-electron chi connectivity index (χ3n) is 4.07. The van der Waals surface area contributed by atoms with Gasteiger partial charge in [0.15, 0.2) is 0 Å². The van der Waals surface area contributed by atoms with E-state index in [-0.39, 0.29) is 16.4 Å². The first-order valence-corrected chi connectivity index (χ1v) is 9.51. The van der Waals surface area contributed by atoms with Gasteiger partial charge in [0, 0.05) is 24.3 Å². The molecule has 0 spiro atoms. The minimum Gasteiger partial charge on any atom is -0.465 e. The van der Waals surface area contributed by atoms with Gasteiger partial charge in [-0.3, -0.25) is 9.52 Å². The molecule has 0 radical (unpaired) electrons. The van der Waals surface area contributed by atoms with Gasteiger partial charge >= 0.3 is 5.97 Å². The molecule has 2 aromatic rings. The Morgan fingerprint density at radius 2 is 1.88 bits per heavy atom. The van der Waals surface area contributed by atoms with Crippen LogP contribution >= 0.6 is 0 Å². The number of anilines is 2. The molecular weight excluding hydrogens is 356 g/mol. The van der Waals surface area contributed by atoms with Crippen LogP contribution in [0.2, 0.25) is 0 Å². The van der Waals surface area contributed by atoms with Gasteiger partial charge < -0.3 is 9.64 Å². The van der Waals surface area contributed by atoms with Crippen LogP contribution in [0, 0.1) is 0 Å². The molecule has 136 valence electrons. The SMILES string of the molecule is COC(=O)c1cccc(S(=O)(=O)Nc2ccc(N3CCCC3=O)cc2)c1. The van der Waals surface area contributed by atoms with Gasteiger partial charge in [-0.1, -0.05) is 6.07 Å². The molecule has 0 aromatic heterocycles. The Bertz CT molecular complexity index is 938. The molecule has 3 rings (SSSR count). The van der Waals surface area contributed by atoms with Crippen molar-refractivity contribution in [1.29, 1.82) is 0 Å². The number of hydrogen-bond donors (Lipinski definition) is 1. The second-order valence-electron chi connectivity index (χ2n) is 5.82. The average molecular weight is 374 g/mol. The molecule has 8 heteroatoms. The Kier molecular flexibility index (Phi) is 4.94. The molecule has 26 heavy (non-hydrogen) atoms. The first-order valence-electron chi connectivity index (χ1n) is 8.02. The van der Waals surface area contributed by atoms with Crippen molar-refractivity contribution in [1.82, 2.24) is 0 Å². The third-order valence-corrected chi connectivity index (χ3v) is 5.45. The quantitative estimate of drug-likeness (QED) is 0.811. The van der Waals surface area contributed by atoms with Gasteiger partial charge in [-0.2, -0.15) is 0 Å². The molecule has 1 N–H and O–H groups in total. The molecular formula is C18H18N2O5S. The van der Waals surface area contributed by atoms with Crippen LogP contribution in [-0.4, -0.2) is 33.9 Å².